The Bertz CT molecular complexity index is 721. The standard InChI is InChI=1S/C12H13Cl2N3O2S/c1-8-9(6-15-17(8)2)7-16-20(18,19)12-10(13)4-3-5-11(12)14/h3-6,16H,7H2,1-2H3. The zero-order valence-corrected chi connectivity index (χ0v) is 13.2. The molecule has 2 aromatic rings. The van der Waals surface area contributed by atoms with E-state index in [0.717, 1.165) is 11.3 Å². The van der Waals surface area contributed by atoms with Crippen LogP contribution >= 0.6 is 23.2 Å². The summed E-state index contributed by atoms with van der Waals surface area (Å²) in [5, 5.41) is 4.24. The Labute approximate surface area is 127 Å². The largest absolute Gasteiger partial charge is 0.273 e. The van der Waals surface area contributed by atoms with Crippen molar-refractivity contribution >= 4 is 33.2 Å². The Kier molecular flexibility index (Phi) is 4.39. The number of sulfonamides is 1. The molecule has 2 rings (SSSR count). The van der Waals surface area contributed by atoms with Crippen molar-refractivity contribution in [1.82, 2.24) is 14.5 Å². The van der Waals surface area contributed by atoms with Crippen LogP contribution in [-0.2, 0) is 23.6 Å². The van der Waals surface area contributed by atoms with Gasteiger partial charge in [-0.3, -0.25) is 4.68 Å². The van der Waals surface area contributed by atoms with Gasteiger partial charge in [0.2, 0.25) is 10.0 Å². The molecular formula is C12H13Cl2N3O2S. The molecule has 0 aliphatic heterocycles. The van der Waals surface area contributed by atoms with E-state index in [2.05, 4.69) is 9.82 Å². The van der Waals surface area contributed by atoms with Gasteiger partial charge in [0.05, 0.1) is 16.2 Å². The number of hydrogen-bond donors (Lipinski definition) is 1. The van der Waals surface area contributed by atoms with Crippen LogP contribution in [0.5, 0.6) is 0 Å². The van der Waals surface area contributed by atoms with E-state index in [1.54, 1.807) is 24.0 Å². The molecule has 0 saturated heterocycles. The number of benzene rings is 1. The van der Waals surface area contributed by atoms with Crippen molar-refractivity contribution in [3.63, 3.8) is 0 Å². The molecule has 5 nitrogen and oxygen atoms in total. The van der Waals surface area contributed by atoms with Gasteiger partial charge in [-0.15, -0.1) is 0 Å². The fourth-order valence-corrected chi connectivity index (χ4v) is 3.85. The van der Waals surface area contributed by atoms with Gasteiger partial charge in [0.1, 0.15) is 4.90 Å². The van der Waals surface area contributed by atoms with Gasteiger partial charge in [-0.1, -0.05) is 29.3 Å². The van der Waals surface area contributed by atoms with Crippen molar-refractivity contribution in [2.24, 2.45) is 7.05 Å². The Morgan fingerprint density at radius 2 is 1.90 bits per heavy atom. The summed E-state index contributed by atoms with van der Waals surface area (Å²) in [6.07, 6.45) is 1.62. The third-order valence-corrected chi connectivity index (χ3v) is 5.33. The van der Waals surface area contributed by atoms with Crippen LogP contribution in [0.25, 0.3) is 0 Å². The second-order valence-corrected chi connectivity index (χ2v) is 6.77. The average Bonchev–Trinajstić information content (AvgIpc) is 2.67. The first-order valence-corrected chi connectivity index (χ1v) is 7.98. The second-order valence-electron chi connectivity index (χ2n) is 4.25. The molecule has 0 amide bonds. The van der Waals surface area contributed by atoms with Crippen LogP contribution in [0.15, 0.2) is 29.3 Å². The summed E-state index contributed by atoms with van der Waals surface area (Å²) in [6.45, 7) is 1.99. The monoisotopic (exact) mass is 333 g/mol. The van der Waals surface area contributed by atoms with Gasteiger partial charge in [0.15, 0.2) is 0 Å². The van der Waals surface area contributed by atoms with Gasteiger partial charge in [0, 0.05) is 24.8 Å². The molecule has 0 aliphatic rings. The van der Waals surface area contributed by atoms with Crippen molar-refractivity contribution in [3.8, 4) is 0 Å². The number of nitrogens with one attached hydrogen (secondary N) is 1. The van der Waals surface area contributed by atoms with Gasteiger partial charge >= 0.3 is 0 Å². The number of aryl methyl sites for hydroxylation is 1. The topological polar surface area (TPSA) is 64.0 Å². The molecule has 0 unspecified atom stereocenters. The summed E-state index contributed by atoms with van der Waals surface area (Å²) in [6, 6.07) is 4.56. The van der Waals surface area contributed by atoms with Crippen LogP contribution in [0, 0.1) is 6.92 Å². The SMILES string of the molecule is Cc1c(CNS(=O)(=O)c2c(Cl)cccc2Cl)cnn1C. The average molecular weight is 334 g/mol. The zero-order valence-electron chi connectivity index (χ0n) is 10.9. The molecule has 0 saturated carbocycles. The van der Waals surface area contributed by atoms with Gasteiger partial charge < -0.3 is 0 Å². The second kappa shape index (κ2) is 5.73. The molecule has 1 aromatic carbocycles. The lowest BCUT2D eigenvalue weighted by Gasteiger charge is -2.09. The Morgan fingerprint density at radius 1 is 1.30 bits per heavy atom. The zero-order chi connectivity index (χ0) is 14.9. The first kappa shape index (κ1) is 15.3. The third-order valence-electron chi connectivity index (χ3n) is 2.98. The first-order valence-electron chi connectivity index (χ1n) is 5.74. The van der Waals surface area contributed by atoms with E-state index in [1.165, 1.54) is 12.1 Å². The van der Waals surface area contributed by atoms with E-state index in [9.17, 15) is 8.42 Å². The highest BCUT2D eigenvalue weighted by Gasteiger charge is 2.21. The number of aromatic nitrogens is 2. The molecule has 0 atom stereocenters. The molecule has 0 bridgehead atoms. The van der Waals surface area contributed by atoms with Crippen molar-refractivity contribution in [1.29, 1.82) is 0 Å². The fraction of sp³-hybridized carbons (Fsp3) is 0.250. The van der Waals surface area contributed by atoms with Crippen molar-refractivity contribution < 1.29 is 8.42 Å². The predicted octanol–water partition coefficient (Wildman–Crippen LogP) is 2.51. The van der Waals surface area contributed by atoms with Crippen LogP contribution in [0.1, 0.15) is 11.3 Å². The van der Waals surface area contributed by atoms with Gasteiger partial charge in [-0.25, -0.2) is 13.1 Å². The molecule has 0 fully saturated rings. The van der Waals surface area contributed by atoms with Crippen molar-refractivity contribution in [3.05, 3.63) is 45.7 Å². The molecule has 0 aliphatic carbocycles. The molecule has 0 radical (unpaired) electrons. The van der Waals surface area contributed by atoms with Crippen LogP contribution in [0.2, 0.25) is 10.0 Å². The summed E-state index contributed by atoms with van der Waals surface area (Å²) in [5.74, 6) is 0. The number of hydrogen-bond acceptors (Lipinski definition) is 3. The van der Waals surface area contributed by atoms with E-state index in [4.69, 9.17) is 23.2 Å². The summed E-state index contributed by atoms with van der Waals surface area (Å²) >= 11 is 11.8. The maximum Gasteiger partial charge on any atom is 0.243 e. The van der Waals surface area contributed by atoms with Crippen LogP contribution in [-0.4, -0.2) is 18.2 Å². The van der Waals surface area contributed by atoms with Crippen LogP contribution < -0.4 is 4.72 Å². The van der Waals surface area contributed by atoms with Crippen LogP contribution in [0.4, 0.5) is 0 Å². The molecule has 1 aromatic heterocycles. The summed E-state index contributed by atoms with van der Waals surface area (Å²) < 4.78 is 28.7. The van der Waals surface area contributed by atoms with E-state index in [0.29, 0.717) is 0 Å². The minimum Gasteiger partial charge on any atom is -0.273 e. The highest BCUT2D eigenvalue weighted by atomic mass is 35.5. The number of rotatable bonds is 4. The van der Waals surface area contributed by atoms with E-state index in [1.807, 2.05) is 6.92 Å². The maximum absolute atomic E-state index is 12.3. The minimum atomic E-state index is -3.78. The summed E-state index contributed by atoms with van der Waals surface area (Å²) in [4.78, 5) is -0.107. The molecule has 8 heteroatoms. The highest BCUT2D eigenvalue weighted by Crippen LogP contribution is 2.28. The summed E-state index contributed by atoms with van der Waals surface area (Å²) in [5.41, 5.74) is 1.68. The lowest BCUT2D eigenvalue weighted by atomic mass is 10.3. The van der Waals surface area contributed by atoms with Crippen molar-refractivity contribution in [2.45, 2.75) is 18.4 Å². The normalized spacial score (nSPS) is 11.8. The number of nitrogens with zero attached hydrogens (tertiary/aromatic N) is 2. The lowest BCUT2D eigenvalue weighted by molar-refractivity contribution is 0.581. The lowest BCUT2D eigenvalue weighted by Crippen LogP contribution is -2.24. The Morgan fingerprint density at radius 3 is 2.40 bits per heavy atom. The molecular weight excluding hydrogens is 321 g/mol. The smallest absolute Gasteiger partial charge is 0.243 e. The fourth-order valence-electron chi connectivity index (χ4n) is 1.70. The van der Waals surface area contributed by atoms with E-state index < -0.39 is 10.0 Å². The van der Waals surface area contributed by atoms with Gasteiger partial charge in [-0.2, -0.15) is 5.10 Å². The maximum atomic E-state index is 12.3. The first-order chi connectivity index (χ1) is 9.33. The molecule has 1 N–H and O–H groups in total. The van der Waals surface area contributed by atoms with E-state index >= 15 is 0 Å². The quantitative estimate of drug-likeness (QED) is 0.934. The van der Waals surface area contributed by atoms with Gasteiger partial charge in [0.25, 0.3) is 0 Å². The molecule has 20 heavy (non-hydrogen) atoms. The van der Waals surface area contributed by atoms with Crippen LogP contribution in [0.3, 0.4) is 0 Å². The van der Waals surface area contributed by atoms with Gasteiger partial charge in [-0.05, 0) is 19.1 Å². The van der Waals surface area contributed by atoms with E-state index in [-0.39, 0.29) is 21.5 Å². The summed E-state index contributed by atoms with van der Waals surface area (Å²) in [7, 11) is -1.99. The Hall–Kier alpha value is -1.08. The number of halogens is 2. The van der Waals surface area contributed by atoms with Crippen molar-refractivity contribution in [2.75, 3.05) is 0 Å². The Balaban J connectivity index is 2.26. The predicted molar refractivity (Wildman–Crippen MR) is 78.4 cm³/mol. The minimum absolute atomic E-state index is 0.0907. The molecule has 0 spiro atoms. The third kappa shape index (κ3) is 2.98. The molecule has 108 valence electrons. The molecule has 1 heterocycles. The highest BCUT2D eigenvalue weighted by molar-refractivity contribution is 7.89.